The molecule has 2 atom stereocenters. The Morgan fingerprint density at radius 3 is 2.65 bits per heavy atom. The third-order valence-corrected chi connectivity index (χ3v) is 4.29. The predicted molar refractivity (Wildman–Crippen MR) is 78.0 cm³/mol. The van der Waals surface area contributed by atoms with Gasteiger partial charge in [0, 0.05) is 25.7 Å². The summed E-state index contributed by atoms with van der Waals surface area (Å²) in [6.07, 6.45) is 2.97. The Balaban J connectivity index is 1.58. The summed E-state index contributed by atoms with van der Waals surface area (Å²) >= 11 is 0. The van der Waals surface area contributed by atoms with Gasteiger partial charge < -0.3 is 4.74 Å². The SMILES string of the molecule is CCOC(=O)C=C1C2CC1CN(Cc1ccccc1)C2. The van der Waals surface area contributed by atoms with Crippen LogP contribution in [0.25, 0.3) is 0 Å². The minimum absolute atomic E-state index is 0.172. The van der Waals surface area contributed by atoms with Gasteiger partial charge in [0.05, 0.1) is 6.61 Å². The van der Waals surface area contributed by atoms with Crippen LogP contribution in [0.2, 0.25) is 0 Å². The molecule has 0 radical (unpaired) electrons. The van der Waals surface area contributed by atoms with Crippen molar-refractivity contribution in [1.82, 2.24) is 4.90 Å². The molecule has 1 saturated carbocycles. The third kappa shape index (κ3) is 2.78. The van der Waals surface area contributed by atoms with Gasteiger partial charge in [0.15, 0.2) is 0 Å². The quantitative estimate of drug-likeness (QED) is 0.623. The molecule has 2 saturated heterocycles. The van der Waals surface area contributed by atoms with Gasteiger partial charge in [0.25, 0.3) is 0 Å². The molecule has 1 aromatic carbocycles. The van der Waals surface area contributed by atoms with Crippen LogP contribution < -0.4 is 0 Å². The second-order valence-electron chi connectivity index (χ2n) is 5.71. The molecule has 2 aliphatic heterocycles. The number of nitrogens with zero attached hydrogens (tertiary/aromatic N) is 1. The first-order chi connectivity index (χ1) is 9.76. The van der Waals surface area contributed by atoms with Crippen molar-refractivity contribution in [3.63, 3.8) is 0 Å². The largest absolute Gasteiger partial charge is 0.463 e. The zero-order valence-electron chi connectivity index (χ0n) is 11.9. The molecule has 3 fully saturated rings. The Hall–Kier alpha value is -1.61. The van der Waals surface area contributed by atoms with Crippen LogP contribution in [0.1, 0.15) is 18.9 Å². The van der Waals surface area contributed by atoms with Crippen LogP contribution in [0.3, 0.4) is 0 Å². The summed E-state index contributed by atoms with van der Waals surface area (Å²) in [7, 11) is 0. The van der Waals surface area contributed by atoms with Gasteiger partial charge in [0.1, 0.15) is 0 Å². The summed E-state index contributed by atoms with van der Waals surface area (Å²) in [5, 5.41) is 0. The van der Waals surface area contributed by atoms with Crippen LogP contribution in [-0.2, 0) is 16.1 Å². The third-order valence-electron chi connectivity index (χ3n) is 4.29. The highest BCUT2D eigenvalue weighted by molar-refractivity contribution is 5.83. The van der Waals surface area contributed by atoms with E-state index in [0.29, 0.717) is 18.4 Å². The molecule has 1 aromatic rings. The molecule has 2 heterocycles. The Kier molecular flexibility index (Phi) is 3.88. The maximum Gasteiger partial charge on any atom is 0.330 e. The van der Waals surface area contributed by atoms with E-state index < -0.39 is 0 Å². The van der Waals surface area contributed by atoms with Gasteiger partial charge in [-0.2, -0.15) is 0 Å². The summed E-state index contributed by atoms with van der Waals surface area (Å²) in [6.45, 7) is 5.45. The maximum absolute atomic E-state index is 11.5. The second kappa shape index (κ2) is 5.80. The molecule has 106 valence electrons. The monoisotopic (exact) mass is 271 g/mol. The van der Waals surface area contributed by atoms with Crippen molar-refractivity contribution in [2.24, 2.45) is 11.8 Å². The summed E-state index contributed by atoms with van der Waals surface area (Å²) in [4.78, 5) is 14.0. The fourth-order valence-electron chi connectivity index (χ4n) is 3.37. The number of fused-ring (bicyclic) bond motifs is 2. The molecule has 0 aromatic heterocycles. The number of hydrogen-bond donors (Lipinski definition) is 0. The van der Waals surface area contributed by atoms with Crippen LogP contribution in [0.5, 0.6) is 0 Å². The Bertz CT molecular complexity index is 495. The highest BCUT2D eigenvalue weighted by Gasteiger charge is 2.42. The van der Waals surface area contributed by atoms with Gasteiger partial charge in [-0.15, -0.1) is 0 Å². The van der Waals surface area contributed by atoms with E-state index in [9.17, 15) is 4.79 Å². The summed E-state index contributed by atoms with van der Waals surface area (Å²) in [6, 6.07) is 10.6. The molecule has 3 heteroatoms. The van der Waals surface area contributed by atoms with Crippen LogP contribution in [0.15, 0.2) is 42.0 Å². The van der Waals surface area contributed by atoms with Gasteiger partial charge in [-0.05, 0) is 30.7 Å². The molecule has 3 aliphatic rings. The molecular weight excluding hydrogens is 250 g/mol. The minimum Gasteiger partial charge on any atom is -0.463 e. The van der Waals surface area contributed by atoms with Crippen LogP contribution >= 0.6 is 0 Å². The molecule has 2 bridgehead atoms. The van der Waals surface area contributed by atoms with E-state index in [-0.39, 0.29) is 5.97 Å². The number of piperidine rings is 2. The Morgan fingerprint density at radius 1 is 1.30 bits per heavy atom. The normalized spacial score (nSPS) is 24.9. The molecule has 4 rings (SSSR count). The first kappa shape index (κ1) is 13.4. The average Bonchev–Trinajstić information content (AvgIpc) is 2.46. The summed E-state index contributed by atoms with van der Waals surface area (Å²) in [5.74, 6) is 0.942. The van der Waals surface area contributed by atoms with E-state index in [2.05, 4.69) is 35.2 Å². The van der Waals surface area contributed by atoms with Gasteiger partial charge in [0.2, 0.25) is 0 Å². The topological polar surface area (TPSA) is 29.5 Å². The van der Waals surface area contributed by atoms with E-state index in [1.165, 1.54) is 17.6 Å². The number of carbonyl (C=O) groups excluding carboxylic acids is 1. The van der Waals surface area contributed by atoms with E-state index in [4.69, 9.17) is 4.74 Å². The van der Waals surface area contributed by atoms with Gasteiger partial charge >= 0.3 is 5.97 Å². The lowest BCUT2D eigenvalue weighted by atomic mass is 9.66. The number of benzene rings is 1. The number of rotatable bonds is 4. The fraction of sp³-hybridized carbons (Fsp3) is 0.471. The Labute approximate surface area is 120 Å². The predicted octanol–water partition coefficient (Wildman–Crippen LogP) is 2.63. The Morgan fingerprint density at radius 2 is 2.00 bits per heavy atom. The zero-order valence-corrected chi connectivity index (χ0v) is 11.9. The first-order valence-corrected chi connectivity index (χ1v) is 7.40. The van der Waals surface area contributed by atoms with Crippen LogP contribution in [0, 0.1) is 11.8 Å². The van der Waals surface area contributed by atoms with E-state index in [1.807, 2.05) is 6.92 Å². The highest BCUT2D eigenvalue weighted by atomic mass is 16.5. The van der Waals surface area contributed by atoms with Crippen molar-refractivity contribution in [2.75, 3.05) is 19.7 Å². The average molecular weight is 271 g/mol. The molecule has 20 heavy (non-hydrogen) atoms. The number of esters is 1. The number of carbonyl (C=O) groups is 1. The standard InChI is InChI=1S/C17H21NO2/c1-2-20-17(19)9-16-14-8-15(16)12-18(11-14)10-13-6-4-3-5-7-13/h3-7,9,14-15H,2,8,10-12H2,1H3. The summed E-state index contributed by atoms with van der Waals surface area (Å²) < 4.78 is 5.01. The molecule has 3 nitrogen and oxygen atoms in total. The van der Waals surface area contributed by atoms with E-state index in [1.54, 1.807) is 6.08 Å². The van der Waals surface area contributed by atoms with E-state index >= 15 is 0 Å². The molecular formula is C17H21NO2. The van der Waals surface area contributed by atoms with Crippen LogP contribution in [-0.4, -0.2) is 30.6 Å². The lowest BCUT2D eigenvalue weighted by Crippen LogP contribution is -2.50. The smallest absolute Gasteiger partial charge is 0.330 e. The van der Waals surface area contributed by atoms with Crippen molar-refractivity contribution >= 4 is 5.97 Å². The number of hydrogen-bond acceptors (Lipinski definition) is 3. The second-order valence-corrected chi connectivity index (χ2v) is 5.71. The fourth-order valence-corrected chi connectivity index (χ4v) is 3.37. The van der Waals surface area contributed by atoms with Gasteiger partial charge in [-0.3, -0.25) is 4.90 Å². The molecule has 2 unspecified atom stereocenters. The van der Waals surface area contributed by atoms with Gasteiger partial charge in [-0.25, -0.2) is 4.79 Å². The van der Waals surface area contributed by atoms with Crippen molar-refractivity contribution < 1.29 is 9.53 Å². The molecule has 1 aliphatic carbocycles. The van der Waals surface area contributed by atoms with Gasteiger partial charge in [-0.1, -0.05) is 35.9 Å². The maximum atomic E-state index is 11.5. The molecule has 0 amide bonds. The van der Waals surface area contributed by atoms with Crippen molar-refractivity contribution in [3.05, 3.63) is 47.5 Å². The van der Waals surface area contributed by atoms with Crippen LogP contribution in [0.4, 0.5) is 0 Å². The van der Waals surface area contributed by atoms with Crippen molar-refractivity contribution in [2.45, 2.75) is 19.9 Å². The zero-order chi connectivity index (χ0) is 13.9. The van der Waals surface area contributed by atoms with E-state index in [0.717, 1.165) is 19.6 Å². The highest BCUT2D eigenvalue weighted by Crippen LogP contribution is 2.45. The lowest BCUT2D eigenvalue weighted by Gasteiger charge is -2.49. The molecule has 0 N–H and O–H groups in total. The van der Waals surface area contributed by atoms with Crippen molar-refractivity contribution in [1.29, 1.82) is 0 Å². The lowest BCUT2D eigenvalue weighted by molar-refractivity contribution is -0.137. The first-order valence-electron chi connectivity index (χ1n) is 7.40. The number of ether oxygens (including phenoxy) is 1. The van der Waals surface area contributed by atoms with Crippen molar-refractivity contribution in [3.8, 4) is 0 Å². The molecule has 0 spiro atoms. The summed E-state index contributed by atoms with van der Waals surface area (Å²) in [5.41, 5.74) is 2.68. The minimum atomic E-state index is -0.172.